The third kappa shape index (κ3) is 3.98. The maximum absolute atomic E-state index is 12.9. The molecule has 0 aliphatic rings. The van der Waals surface area contributed by atoms with Gasteiger partial charge in [-0.2, -0.15) is 0 Å². The molecule has 1 aromatic carbocycles. The summed E-state index contributed by atoms with van der Waals surface area (Å²) in [6.07, 6.45) is 0. The van der Waals surface area contributed by atoms with Crippen molar-refractivity contribution in [3.8, 4) is 0 Å². The number of benzene rings is 1. The Balaban J connectivity index is 2.01. The van der Waals surface area contributed by atoms with Crippen LogP contribution in [0.3, 0.4) is 0 Å². The zero-order valence-electron chi connectivity index (χ0n) is 11.9. The molecule has 5 nitrogen and oxygen atoms in total. The summed E-state index contributed by atoms with van der Waals surface area (Å²) >= 11 is 0. The first-order chi connectivity index (χ1) is 10.1. The van der Waals surface area contributed by atoms with E-state index in [1.54, 1.807) is 24.3 Å². The van der Waals surface area contributed by atoms with Crippen molar-refractivity contribution in [2.75, 3.05) is 11.9 Å². The minimum absolute atomic E-state index is 0.241. The number of hydrogen-bond acceptors (Lipinski definition) is 4. The molecule has 1 amide bonds. The average molecular weight is 288 g/mol. The summed E-state index contributed by atoms with van der Waals surface area (Å²) in [7, 11) is 0. The van der Waals surface area contributed by atoms with Crippen LogP contribution in [0.5, 0.6) is 0 Å². The van der Waals surface area contributed by atoms with Gasteiger partial charge in [-0.1, -0.05) is 12.1 Å². The van der Waals surface area contributed by atoms with E-state index in [-0.39, 0.29) is 23.5 Å². The molecule has 0 saturated carbocycles. The van der Waals surface area contributed by atoms with Crippen LogP contribution in [0.2, 0.25) is 0 Å². The highest BCUT2D eigenvalue weighted by Gasteiger charge is 2.13. The molecule has 1 unspecified atom stereocenters. The van der Waals surface area contributed by atoms with Crippen LogP contribution in [-0.2, 0) is 0 Å². The molecular weight excluding hydrogens is 271 g/mol. The van der Waals surface area contributed by atoms with E-state index in [0.717, 1.165) is 12.1 Å². The normalized spacial score (nSPS) is 11.8. The molecule has 1 heterocycles. The molecule has 0 saturated heterocycles. The van der Waals surface area contributed by atoms with Crippen molar-refractivity contribution in [2.24, 2.45) is 0 Å². The van der Waals surface area contributed by atoms with Gasteiger partial charge in [-0.25, -0.2) is 4.39 Å². The van der Waals surface area contributed by atoms with Crippen LogP contribution in [0, 0.1) is 5.82 Å². The summed E-state index contributed by atoms with van der Waals surface area (Å²) in [5.41, 5.74) is 1.06. The average Bonchev–Trinajstić information content (AvgIpc) is 2.49. The molecule has 0 aliphatic heterocycles. The fourth-order valence-corrected chi connectivity index (χ4v) is 1.83. The molecular formula is C15H17FN4O. The van der Waals surface area contributed by atoms with E-state index in [0.29, 0.717) is 5.82 Å². The minimum atomic E-state index is -0.317. The van der Waals surface area contributed by atoms with Gasteiger partial charge in [0.25, 0.3) is 5.91 Å². The topological polar surface area (TPSA) is 66.9 Å². The molecule has 0 spiro atoms. The molecule has 21 heavy (non-hydrogen) atoms. The lowest BCUT2D eigenvalue weighted by atomic mass is 10.1. The number of anilines is 1. The third-order valence-corrected chi connectivity index (χ3v) is 2.97. The molecule has 2 N–H and O–H groups in total. The fourth-order valence-electron chi connectivity index (χ4n) is 1.83. The lowest BCUT2D eigenvalue weighted by Crippen LogP contribution is -2.27. The lowest BCUT2D eigenvalue weighted by molar-refractivity contribution is 0.0934. The number of amides is 1. The molecule has 2 aromatic rings. The van der Waals surface area contributed by atoms with Crippen molar-refractivity contribution in [2.45, 2.75) is 19.9 Å². The number of aromatic nitrogens is 2. The van der Waals surface area contributed by atoms with Crippen LogP contribution < -0.4 is 10.6 Å². The highest BCUT2D eigenvalue weighted by atomic mass is 19.1. The van der Waals surface area contributed by atoms with Gasteiger partial charge in [-0.05, 0) is 43.7 Å². The lowest BCUT2D eigenvalue weighted by Gasteiger charge is -2.13. The maximum atomic E-state index is 12.9. The van der Waals surface area contributed by atoms with Crippen LogP contribution in [0.25, 0.3) is 0 Å². The Kier molecular flexibility index (Phi) is 4.81. The van der Waals surface area contributed by atoms with E-state index >= 15 is 0 Å². The van der Waals surface area contributed by atoms with Crippen LogP contribution in [0.15, 0.2) is 36.4 Å². The van der Waals surface area contributed by atoms with Crippen molar-refractivity contribution in [1.82, 2.24) is 15.5 Å². The summed E-state index contributed by atoms with van der Waals surface area (Å²) in [4.78, 5) is 12.1. The van der Waals surface area contributed by atoms with Gasteiger partial charge in [-0.15, -0.1) is 10.2 Å². The van der Waals surface area contributed by atoms with Gasteiger partial charge in [0.1, 0.15) is 11.6 Å². The van der Waals surface area contributed by atoms with Crippen molar-refractivity contribution >= 4 is 11.7 Å². The van der Waals surface area contributed by atoms with Crippen LogP contribution in [-0.4, -0.2) is 22.6 Å². The molecule has 1 atom stereocenters. The van der Waals surface area contributed by atoms with Gasteiger partial charge >= 0.3 is 0 Å². The van der Waals surface area contributed by atoms with Gasteiger partial charge in [-0.3, -0.25) is 4.79 Å². The van der Waals surface area contributed by atoms with Gasteiger partial charge in [0.15, 0.2) is 5.69 Å². The zero-order valence-corrected chi connectivity index (χ0v) is 11.9. The van der Waals surface area contributed by atoms with Gasteiger partial charge in [0.2, 0.25) is 0 Å². The van der Waals surface area contributed by atoms with Crippen LogP contribution >= 0.6 is 0 Å². The molecule has 0 aliphatic carbocycles. The SMILES string of the molecule is CCNc1ccc(C(=O)NC(C)c2ccc(F)cc2)nn1. The predicted molar refractivity (Wildman–Crippen MR) is 78.5 cm³/mol. The van der Waals surface area contributed by atoms with Crippen molar-refractivity contribution in [3.63, 3.8) is 0 Å². The van der Waals surface area contributed by atoms with Gasteiger partial charge in [0, 0.05) is 6.54 Å². The van der Waals surface area contributed by atoms with Crippen molar-refractivity contribution in [3.05, 3.63) is 53.5 Å². The largest absolute Gasteiger partial charge is 0.369 e. The number of hydrogen-bond donors (Lipinski definition) is 2. The molecule has 6 heteroatoms. The number of halogens is 1. The highest BCUT2D eigenvalue weighted by Crippen LogP contribution is 2.13. The van der Waals surface area contributed by atoms with Crippen molar-refractivity contribution < 1.29 is 9.18 Å². The van der Waals surface area contributed by atoms with E-state index in [2.05, 4.69) is 20.8 Å². The van der Waals surface area contributed by atoms with Crippen molar-refractivity contribution in [1.29, 1.82) is 0 Å². The second kappa shape index (κ2) is 6.78. The van der Waals surface area contributed by atoms with E-state index in [9.17, 15) is 9.18 Å². The monoisotopic (exact) mass is 288 g/mol. The molecule has 0 fully saturated rings. The van der Waals surface area contributed by atoms with Gasteiger partial charge in [0.05, 0.1) is 6.04 Å². The number of rotatable bonds is 5. The predicted octanol–water partition coefficient (Wildman–Crippen LogP) is 2.54. The standard InChI is InChI=1S/C15H17FN4O/c1-3-17-14-9-8-13(19-20-14)15(21)18-10(2)11-4-6-12(16)7-5-11/h4-10H,3H2,1-2H3,(H,17,20)(H,18,21). The minimum Gasteiger partial charge on any atom is -0.369 e. The second-order valence-electron chi connectivity index (χ2n) is 4.58. The zero-order chi connectivity index (χ0) is 15.2. The first-order valence-corrected chi connectivity index (χ1v) is 6.74. The fraction of sp³-hybridized carbons (Fsp3) is 0.267. The Morgan fingerprint density at radius 2 is 1.90 bits per heavy atom. The number of nitrogens with one attached hydrogen (secondary N) is 2. The Labute approximate surface area is 122 Å². The molecule has 0 bridgehead atoms. The summed E-state index contributed by atoms with van der Waals surface area (Å²) in [5, 5.41) is 13.6. The molecule has 110 valence electrons. The summed E-state index contributed by atoms with van der Waals surface area (Å²) in [6.45, 7) is 4.51. The Hall–Kier alpha value is -2.50. The summed E-state index contributed by atoms with van der Waals surface area (Å²) < 4.78 is 12.9. The summed E-state index contributed by atoms with van der Waals surface area (Å²) in [5.74, 6) is 0.00478. The summed E-state index contributed by atoms with van der Waals surface area (Å²) in [6, 6.07) is 9.08. The molecule has 0 radical (unpaired) electrons. The number of carbonyl (C=O) groups is 1. The van der Waals surface area contributed by atoms with E-state index in [1.807, 2.05) is 13.8 Å². The second-order valence-corrected chi connectivity index (χ2v) is 4.58. The van der Waals surface area contributed by atoms with E-state index in [4.69, 9.17) is 0 Å². The first-order valence-electron chi connectivity index (χ1n) is 6.74. The first kappa shape index (κ1) is 14.9. The third-order valence-electron chi connectivity index (χ3n) is 2.97. The smallest absolute Gasteiger partial charge is 0.272 e. The molecule has 2 rings (SSSR count). The Morgan fingerprint density at radius 3 is 2.48 bits per heavy atom. The van der Waals surface area contributed by atoms with Gasteiger partial charge < -0.3 is 10.6 Å². The Morgan fingerprint density at radius 1 is 1.19 bits per heavy atom. The number of nitrogens with zero attached hydrogens (tertiary/aromatic N) is 2. The molecule has 1 aromatic heterocycles. The maximum Gasteiger partial charge on any atom is 0.272 e. The van der Waals surface area contributed by atoms with E-state index in [1.165, 1.54) is 12.1 Å². The Bertz CT molecular complexity index is 598. The van der Waals surface area contributed by atoms with Crippen LogP contribution in [0.1, 0.15) is 35.9 Å². The number of carbonyl (C=O) groups excluding carboxylic acids is 1. The highest BCUT2D eigenvalue weighted by molar-refractivity contribution is 5.92. The quantitative estimate of drug-likeness (QED) is 0.887. The van der Waals surface area contributed by atoms with Crippen LogP contribution in [0.4, 0.5) is 10.2 Å². The van der Waals surface area contributed by atoms with E-state index < -0.39 is 0 Å².